The first kappa shape index (κ1) is 31.6. The summed E-state index contributed by atoms with van der Waals surface area (Å²) in [7, 11) is 0. The van der Waals surface area contributed by atoms with Crippen LogP contribution in [0.3, 0.4) is 0 Å². The Hall–Kier alpha value is -1.85. The van der Waals surface area contributed by atoms with Crippen molar-refractivity contribution in [2.24, 2.45) is 56.7 Å². The maximum atomic E-state index is 12.3. The van der Waals surface area contributed by atoms with Gasteiger partial charge in [0.2, 0.25) is 5.91 Å². The van der Waals surface area contributed by atoms with Crippen LogP contribution in [0.5, 0.6) is 0 Å². The molecule has 1 unspecified atom stereocenters. The topological polar surface area (TPSA) is 81.7 Å². The summed E-state index contributed by atoms with van der Waals surface area (Å²) < 4.78 is 11.6. The van der Waals surface area contributed by atoms with Gasteiger partial charge in [-0.15, -0.1) is 0 Å². The number of hydrogen-bond acceptors (Lipinski definition) is 5. The van der Waals surface area contributed by atoms with Crippen LogP contribution in [-0.4, -0.2) is 37.1 Å². The fourth-order valence-corrected chi connectivity index (χ4v) is 12.5. The van der Waals surface area contributed by atoms with Gasteiger partial charge in [-0.1, -0.05) is 39.8 Å². The van der Waals surface area contributed by atoms with Crippen LogP contribution in [0.2, 0.25) is 0 Å². The van der Waals surface area contributed by atoms with Crippen molar-refractivity contribution in [1.82, 2.24) is 5.32 Å². The van der Waals surface area contributed by atoms with Crippen molar-refractivity contribution in [1.29, 1.82) is 0 Å². The summed E-state index contributed by atoms with van der Waals surface area (Å²) in [5, 5.41) is 3.27. The molecule has 5 rings (SSSR count). The maximum Gasteiger partial charge on any atom is 0.302 e. The largest absolute Gasteiger partial charge is 0.465 e. The summed E-state index contributed by atoms with van der Waals surface area (Å²) in [6, 6.07) is 0.00935. The standard InChI is InChI=1S/C36H57NO5/c1-22(2)26-12-17-36(21-42-25(5)40)19-18-34(8)27(31(26)36)10-11-29-32(6)15-14-30(37-23(3)38)33(7,20-41-24(4)39)28(32)13-16-35(29,34)9/h26-31H,1,10-21H2,2-9H3,(H,37,38)/t26-,27+,28+,29+,30?,31+,32-,33-,34+,35+,36+/m0/s1. The van der Waals surface area contributed by atoms with Crippen LogP contribution in [0.15, 0.2) is 12.2 Å². The second kappa shape index (κ2) is 10.6. The molecule has 6 nitrogen and oxygen atoms in total. The van der Waals surface area contributed by atoms with Crippen LogP contribution in [0.4, 0.5) is 0 Å². The number of carbonyl (C=O) groups excluding carboxylic acids is 3. The summed E-state index contributed by atoms with van der Waals surface area (Å²) in [6.45, 7) is 22.3. The van der Waals surface area contributed by atoms with Crippen molar-refractivity contribution >= 4 is 17.8 Å². The highest BCUT2D eigenvalue weighted by molar-refractivity contribution is 5.73. The molecule has 0 bridgehead atoms. The molecule has 5 saturated carbocycles. The average Bonchev–Trinajstić information content (AvgIpc) is 3.29. The molecule has 6 heteroatoms. The summed E-state index contributed by atoms with van der Waals surface area (Å²) in [4.78, 5) is 36.3. The van der Waals surface area contributed by atoms with Gasteiger partial charge in [0.15, 0.2) is 0 Å². The van der Waals surface area contributed by atoms with Gasteiger partial charge in [-0.3, -0.25) is 14.4 Å². The molecule has 42 heavy (non-hydrogen) atoms. The predicted molar refractivity (Wildman–Crippen MR) is 164 cm³/mol. The van der Waals surface area contributed by atoms with Gasteiger partial charge in [-0.05, 0) is 117 Å². The second-order valence-corrected chi connectivity index (χ2v) is 16.4. The number of carbonyl (C=O) groups is 3. The summed E-state index contributed by atoms with van der Waals surface area (Å²) in [5.41, 5.74) is 1.58. The Bertz CT molecular complexity index is 1130. The molecule has 0 aromatic carbocycles. The van der Waals surface area contributed by atoms with E-state index in [4.69, 9.17) is 9.47 Å². The molecule has 1 N–H and O–H groups in total. The lowest BCUT2D eigenvalue weighted by atomic mass is 9.32. The number of rotatable bonds is 6. The van der Waals surface area contributed by atoms with Gasteiger partial charge in [0, 0.05) is 37.6 Å². The smallest absolute Gasteiger partial charge is 0.302 e. The minimum Gasteiger partial charge on any atom is -0.465 e. The van der Waals surface area contributed by atoms with Gasteiger partial charge < -0.3 is 14.8 Å². The van der Waals surface area contributed by atoms with E-state index in [0.717, 1.165) is 44.9 Å². The Morgan fingerprint density at radius 2 is 1.40 bits per heavy atom. The third-order valence-corrected chi connectivity index (χ3v) is 14.6. The highest BCUT2D eigenvalue weighted by Crippen LogP contribution is 2.77. The highest BCUT2D eigenvalue weighted by atomic mass is 16.5. The fraction of sp³-hybridized carbons (Fsp3) is 0.861. The molecule has 5 aliphatic rings. The Morgan fingerprint density at radius 1 is 0.738 bits per heavy atom. The Morgan fingerprint density at radius 3 is 2.02 bits per heavy atom. The zero-order valence-corrected chi connectivity index (χ0v) is 27.7. The van der Waals surface area contributed by atoms with Crippen molar-refractivity contribution in [3.63, 3.8) is 0 Å². The summed E-state index contributed by atoms with van der Waals surface area (Å²) in [6.07, 6.45) is 11.3. The summed E-state index contributed by atoms with van der Waals surface area (Å²) in [5.74, 6) is 2.13. The Kier molecular flexibility index (Phi) is 8.00. The number of allylic oxidation sites excluding steroid dienone is 1. The lowest BCUT2D eigenvalue weighted by molar-refractivity contribution is -0.247. The van der Waals surface area contributed by atoms with Crippen molar-refractivity contribution in [2.75, 3.05) is 13.2 Å². The number of amides is 1. The molecule has 0 spiro atoms. The van der Waals surface area contributed by atoms with E-state index in [2.05, 4.69) is 46.5 Å². The van der Waals surface area contributed by atoms with Crippen LogP contribution in [-0.2, 0) is 23.9 Å². The van der Waals surface area contributed by atoms with Gasteiger partial charge in [0.25, 0.3) is 0 Å². The average molecular weight is 584 g/mol. The zero-order chi connectivity index (χ0) is 30.9. The lowest BCUT2D eigenvalue weighted by Gasteiger charge is -2.73. The van der Waals surface area contributed by atoms with E-state index in [1.54, 1.807) is 13.8 Å². The van der Waals surface area contributed by atoms with Gasteiger partial charge >= 0.3 is 11.9 Å². The molecular weight excluding hydrogens is 526 g/mol. The van der Waals surface area contributed by atoms with Crippen LogP contribution >= 0.6 is 0 Å². The normalized spacial score (nSPS) is 47.6. The van der Waals surface area contributed by atoms with E-state index in [9.17, 15) is 14.4 Å². The predicted octanol–water partition coefficient (Wildman–Crippen LogP) is 7.26. The van der Waals surface area contributed by atoms with Gasteiger partial charge in [-0.2, -0.15) is 0 Å². The van der Waals surface area contributed by atoms with Gasteiger partial charge in [0.1, 0.15) is 0 Å². The Labute approximate surface area is 254 Å². The van der Waals surface area contributed by atoms with Crippen LogP contribution in [0.25, 0.3) is 0 Å². The number of nitrogens with one attached hydrogen (secondary N) is 1. The maximum absolute atomic E-state index is 12.3. The van der Waals surface area contributed by atoms with Crippen LogP contribution < -0.4 is 5.32 Å². The lowest BCUT2D eigenvalue weighted by Crippen LogP contribution is -2.68. The summed E-state index contributed by atoms with van der Waals surface area (Å²) >= 11 is 0. The van der Waals surface area contributed by atoms with Gasteiger partial charge in [-0.25, -0.2) is 0 Å². The van der Waals surface area contributed by atoms with Crippen molar-refractivity contribution in [3.05, 3.63) is 12.2 Å². The molecule has 0 heterocycles. The molecule has 0 aliphatic heterocycles. The highest BCUT2D eigenvalue weighted by Gasteiger charge is 2.71. The fourth-order valence-electron chi connectivity index (χ4n) is 12.5. The zero-order valence-electron chi connectivity index (χ0n) is 27.7. The van der Waals surface area contributed by atoms with Crippen LogP contribution in [0, 0.1) is 56.7 Å². The van der Waals surface area contributed by atoms with Crippen molar-refractivity contribution < 1.29 is 23.9 Å². The molecule has 0 aromatic rings. The van der Waals surface area contributed by atoms with Gasteiger partial charge in [0.05, 0.1) is 13.2 Å². The molecule has 11 atom stereocenters. The molecular formula is C36H57NO5. The third-order valence-electron chi connectivity index (χ3n) is 14.6. The number of fused-ring (bicyclic) bond motifs is 7. The number of esters is 2. The van der Waals surface area contributed by atoms with E-state index in [-0.39, 0.29) is 51.0 Å². The first-order valence-corrected chi connectivity index (χ1v) is 16.7. The van der Waals surface area contributed by atoms with E-state index in [0.29, 0.717) is 42.8 Å². The molecule has 1 amide bonds. The quantitative estimate of drug-likeness (QED) is 0.263. The van der Waals surface area contributed by atoms with E-state index < -0.39 is 0 Å². The van der Waals surface area contributed by atoms with E-state index >= 15 is 0 Å². The molecule has 5 aliphatic carbocycles. The number of hydrogen-bond donors (Lipinski definition) is 1. The second-order valence-electron chi connectivity index (χ2n) is 16.4. The first-order valence-electron chi connectivity index (χ1n) is 16.7. The monoisotopic (exact) mass is 583 g/mol. The Balaban J connectivity index is 1.50. The minimum atomic E-state index is -0.300. The molecule has 5 fully saturated rings. The molecule has 236 valence electrons. The molecule has 0 aromatic heterocycles. The number of ether oxygens (including phenoxy) is 2. The molecule has 0 saturated heterocycles. The third kappa shape index (κ3) is 4.59. The van der Waals surface area contributed by atoms with Crippen molar-refractivity contribution in [3.8, 4) is 0 Å². The van der Waals surface area contributed by atoms with E-state index in [1.165, 1.54) is 31.8 Å². The van der Waals surface area contributed by atoms with E-state index in [1.807, 2.05) is 0 Å². The molecule has 0 radical (unpaired) electrons. The minimum absolute atomic E-state index is 0.00519. The van der Waals surface area contributed by atoms with Crippen molar-refractivity contribution in [2.45, 2.75) is 126 Å². The van der Waals surface area contributed by atoms with Crippen LogP contribution in [0.1, 0.15) is 120 Å². The SMILES string of the molecule is C=C(C)[C@@H]1CC[C@]2(COC(C)=O)CC[C@]3(C)[C@H](CC[C@@H]4[C@@]5(C)CCC(NC(C)=O)[C@@](C)(COC(C)=O)[C@@H]5CC[C@]43C)[C@@H]12. The first-order chi connectivity index (χ1) is 19.5.